The first kappa shape index (κ1) is 17.2. The first-order valence-electron chi connectivity index (χ1n) is 7.74. The Morgan fingerprint density at radius 3 is 2.09 bits per heavy atom. The molecule has 0 radical (unpaired) electrons. The predicted octanol–water partition coefficient (Wildman–Crippen LogP) is 2.10. The summed E-state index contributed by atoms with van der Waals surface area (Å²) < 4.78 is 0. The van der Waals surface area contributed by atoms with E-state index < -0.39 is 11.5 Å². The maximum absolute atomic E-state index is 13.1. The lowest BCUT2D eigenvalue weighted by Gasteiger charge is -2.39. The maximum Gasteiger partial charge on any atom is 0.235 e. The zero-order valence-corrected chi connectivity index (χ0v) is 13.6. The fourth-order valence-electron chi connectivity index (χ4n) is 3.07. The Balaban J connectivity index is 2.64. The third kappa shape index (κ3) is 3.28. The molecule has 2 aromatic rings. The number of amides is 1. The van der Waals surface area contributed by atoms with E-state index in [1.807, 2.05) is 60.7 Å². The molecule has 0 saturated heterocycles. The molecule has 0 fully saturated rings. The molecule has 23 heavy (non-hydrogen) atoms. The summed E-state index contributed by atoms with van der Waals surface area (Å²) in [5.41, 5.74) is 6.21. The number of carbonyl (C=O) groups excluding carboxylic acids is 1. The molecule has 0 saturated carbocycles. The van der Waals surface area contributed by atoms with Crippen molar-refractivity contribution in [3.05, 3.63) is 71.8 Å². The summed E-state index contributed by atoms with van der Waals surface area (Å²) in [6.45, 7) is 0.304. The van der Waals surface area contributed by atoms with Gasteiger partial charge in [0.1, 0.15) is 5.41 Å². The van der Waals surface area contributed by atoms with Crippen molar-refractivity contribution in [2.75, 3.05) is 20.6 Å². The Kier molecular flexibility index (Phi) is 5.53. The van der Waals surface area contributed by atoms with Gasteiger partial charge < -0.3 is 15.7 Å². The van der Waals surface area contributed by atoms with E-state index in [1.54, 1.807) is 14.1 Å². The van der Waals surface area contributed by atoms with Crippen molar-refractivity contribution in [3.63, 3.8) is 0 Å². The molecule has 3 N–H and O–H groups in total. The summed E-state index contributed by atoms with van der Waals surface area (Å²) in [6, 6.07) is 18.7. The van der Waals surface area contributed by atoms with Gasteiger partial charge in [-0.25, -0.2) is 0 Å². The molecule has 4 heteroatoms. The highest BCUT2D eigenvalue weighted by atomic mass is 16.3. The van der Waals surface area contributed by atoms with E-state index in [9.17, 15) is 9.90 Å². The van der Waals surface area contributed by atoms with Gasteiger partial charge in [0.2, 0.25) is 5.91 Å². The largest absolute Gasteiger partial charge is 0.387 e. The lowest BCUT2D eigenvalue weighted by molar-refractivity contribution is -0.140. The molecule has 2 unspecified atom stereocenters. The normalized spacial score (nSPS) is 14.8. The zero-order valence-electron chi connectivity index (χ0n) is 13.6. The molecule has 0 aliphatic carbocycles. The average Bonchev–Trinajstić information content (AvgIpc) is 2.60. The Labute approximate surface area is 137 Å². The van der Waals surface area contributed by atoms with Crippen LogP contribution in [0.2, 0.25) is 0 Å². The van der Waals surface area contributed by atoms with Gasteiger partial charge in [0.15, 0.2) is 0 Å². The van der Waals surface area contributed by atoms with E-state index in [1.165, 1.54) is 4.90 Å². The number of hydrogen-bond acceptors (Lipinski definition) is 3. The van der Waals surface area contributed by atoms with Gasteiger partial charge in [-0.1, -0.05) is 60.7 Å². The van der Waals surface area contributed by atoms with E-state index in [-0.39, 0.29) is 5.91 Å². The van der Waals surface area contributed by atoms with E-state index in [4.69, 9.17) is 5.73 Å². The summed E-state index contributed by atoms with van der Waals surface area (Å²) >= 11 is 0. The van der Waals surface area contributed by atoms with Gasteiger partial charge in [0, 0.05) is 14.1 Å². The van der Waals surface area contributed by atoms with E-state index in [0.29, 0.717) is 18.5 Å². The third-order valence-electron chi connectivity index (χ3n) is 4.20. The minimum absolute atomic E-state index is 0.148. The van der Waals surface area contributed by atoms with Crippen LogP contribution in [-0.4, -0.2) is 36.6 Å². The Hall–Kier alpha value is -2.17. The van der Waals surface area contributed by atoms with Crippen LogP contribution in [0.15, 0.2) is 60.7 Å². The molecule has 2 atom stereocenters. The van der Waals surface area contributed by atoms with Gasteiger partial charge in [0.05, 0.1) is 6.10 Å². The van der Waals surface area contributed by atoms with Gasteiger partial charge in [-0.15, -0.1) is 0 Å². The van der Waals surface area contributed by atoms with Crippen molar-refractivity contribution in [2.45, 2.75) is 17.9 Å². The molecule has 0 aliphatic heterocycles. The van der Waals surface area contributed by atoms with Crippen LogP contribution >= 0.6 is 0 Å². The van der Waals surface area contributed by atoms with Crippen molar-refractivity contribution in [3.8, 4) is 0 Å². The minimum Gasteiger partial charge on any atom is -0.387 e. The lowest BCUT2D eigenvalue weighted by Crippen LogP contribution is -2.49. The SMILES string of the molecule is CN(C)C(=O)C(CCN)(c1ccccc1)C(O)c1ccccc1. The van der Waals surface area contributed by atoms with Crippen LogP contribution in [0.25, 0.3) is 0 Å². The Bertz CT molecular complexity index is 628. The van der Waals surface area contributed by atoms with E-state index in [2.05, 4.69) is 0 Å². The summed E-state index contributed by atoms with van der Waals surface area (Å²) in [5.74, 6) is -0.148. The van der Waals surface area contributed by atoms with Crippen LogP contribution in [0.4, 0.5) is 0 Å². The van der Waals surface area contributed by atoms with Gasteiger partial charge in [0.25, 0.3) is 0 Å². The Morgan fingerprint density at radius 1 is 1.09 bits per heavy atom. The predicted molar refractivity (Wildman–Crippen MR) is 91.9 cm³/mol. The number of benzene rings is 2. The Morgan fingerprint density at radius 2 is 1.61 bits per heavy atom. The highest BCUT2D eigenvalue weighted by Crippen LogP contribution is 2.41. The molecule has 0 aliphatic rings. The van der Waals surface area contributed by atoms with Crippen molar-refractivity contribution >= 4 is 5.91 Å². The smallest absolute Gasteiger partial charge is 0.235 e. The van der Waals surface area contributed by atoms with E-state index >= 15 is 0 Å². The molecule has 0 spiro atoms. The number of hydrogen-bond donors (Lipinski definition) is 2. The van der Waals surface area contributed by atoms with Gasteiger partial charge >= 0.3 is 0 Å². The number of likely N-dealkylation sites (N-methyl/N-ethyl adjacent to an activating group) is 1. The van der Waals surface area contributed by atoms with Crippen molar-refractivity contribution in [1.82, 2.24) is 4.90 Å². The average molecular weight is 312 g/mol. The molecule has 1 amide bonds. The molecular formula is C19H24N2O2. The summed E-state index contributed by atoms with van der Waals surface area (Å²) in [5, 5.41) is 11.1. The highest BCUT2D eigenvalue weighted by Gasteiger charge is 2.47. The molecule has 2 rings (SSSR count). The number of aliphatic hydroxyl groups is 1. The molecule has 122 valence electrons. The molecule has 0 heterocycles. The topological polar surface area (TPSA) is 66.6 Å². The summed E-state index contributed by atoms with van der Waals surface area (Å²) in [6.07, 6.45) is -0.603. The van der Waals surface area contributed by atoms with Gasteiger partial charge in [-0.3, -0.25) is 4.79 Å². The van der Waals surface area contributed by atoms with Crippen LogP contribution in [0, 0.1) is 0 Å². The van der Waals surface area contributed by atoms with Crippen molar-refractivity contribution in [2.24, 2.45) is 5.73 Å². The molecule has 4 nitrogen and oxygen atoms in total. The second-order valence-corrected chi connectivity index (χ2v) is 5.89. The van der Waals surface area contributed by atoms with Crippen LogP contribution in [0.1, 0.15) is 23.7 Å². The van der Waals surface area contributed by atoms with Crippen molar-refractivity contribution in [1.29, 1.82) is 0 Å². The fourth-order valence-corrected chi connectivity index (χ4v) is 3.07. The minimum atomic E-state index is -1.10. The molecule has 2 aromatic carbocycles. The number of nitrogens with zero attached hydrogens (tertiary/aromatic N) is 1. The maximum atomic E-state index is 13.1. The van der Waals surface area contributed by atoms with Crippen LogP contribution < -0.4 is 5.73 Å². The lowest BCUT2D eigenvalue weighted by atomic mass is 9.69. The third-order valence-corrected chi connectivity index (χ3v) is 4.20. The highest BCUT2D eigenvalue weighted by molar-refractivity contribution is 5.89. The van der Waals surface area contributed by atoms with Crippen LogP contribution in [0.3, 0.4) is 0 Å². The monoisotopic (exact) mass is 312 g/mol. The summed E-state index contributed by atoms with van der Waals surface area (Å²) in [7, 11) is 3.41. The zero-order chi connectivity index (χ0) is 16.9. The second kappa shape index (κ2) is 7.40. The number of carbonyl (C=O) groups is 1. The van der Waals surface area contributed by atoms with Crippen molar-refractivity contribution < 1.29 is 9.90 Å². The van der Waals surface area contributed by atoms with Gasteiger partial charge in [-0.2, -0.15) is 0 Å². The van der Waals surface area contributed by atoms with Gasteiger partial charge in [-0.05, 0) is 24.1 Å². The number of aliphatic hydroxyl groups excluding tert-OH is 1. The first-order chi connectivity index (χ1) is 11.0. The first-order valence-corrected chi connectivity index (χ1v) is 7.74. The molecular weight excluding hydrogens is 288 g/mol. The number of nitrogens with two attached hydrogens (primary N) is 1. The van der Waals surface area contributed by atoms with E-state index in [0.717, 1.165) is 5.56 Å². The van der Waals surface area contributed by atoms with Crippen LogP contribution in [-0.2, 0) is 10.2 Å². The fraction of sp³-hybridized carbons (Fsp3) is 0.316. The molecule has 0 bridgehead atoms. The number of rotatable bonds is 6. The quantitative estimate of drug-likeness (QED) is 0.858. The molecule has 0 aromatic heterocycles. The second-order valence-electron chi connectivity index (χ2n) is 5.89. The van der Waals surface area contributed by atoms with Crippen LogP contribution in [0.5, 0.6) is 0 Å². The standard InChI is InChI=1S/C19H24N2O2/c1-21(2)18(23)19(13-14-20,16-11-7-4-8-12-16)17(22)15-9-5-3-6-10-15/h3-12,17,22H,13-14,20H2,1-2H3. The summed E-state index contributed by atoms with van der Waals surface area (Å²) in [4.78, 5) is 14.6.